The van der Waals surface area contributed by atoms with Gasteiger partial charge in [0.2, 0.25) is 0 Å². The van der Waals surface area contributed by atoms with Crippen LogP contribution in [-0.4, -0.2) is 30.1 Å². The number of benzene rings is 1. The van der Waals surface area contributed by atoms with Crippen molar-refractivity contribution in [2.45, 2.75) is 20.0 Å². The van der Waals surface area contributed by atoms with Crippen LogP contribution in [0.1, 0.15) is 19.5 Å². The fourth-order valence-corrected chi connectivity index (χ4v) is 3.82. The average molecular weight is 378 g/mol. The Hall–Kier alpha value is -1.83. The lowest BCUT2D eigenvalue weighted by Crippen LogP contribution is -2.20. The summed E-state index contributed by atoms with van der Waals surface area (Å²) in [4.78, 5) is 0. The highest BCUT2D eigenvalue weighted by molar-refractivity contribution is 7.62. The first-order chi connectivity index (χ1) is 11.7. The Morgan fingerprint density at radius 2 is 1.68 bits per heavy atom. The fraction of sp³-hybridized carbons (Fsp3) is 0.400. The first-order valence-electron chi connectivity index (χ1n) is 7.46. The van der Waals surface area contributed by atoms with Crippen molar-refractivity contribution in [3.63, 3.8) is 0 Å². The molecule has 2 aromatic rings. The highest BCUT2D eigenvalue weighted by atomic mass is 31.2. The molecule has 0 aliphatic heterocycles. The van der Waals surface area contributed by atoms with Crippen molar-refractivity contribution in [3.05, 3.63) is 36.0 Å². The summed E-state index contributed by atoms with van der Waals surface area (Å²) in [5.41, 5.74) is -1.20. The van der Waals surface area contributed by atoms with Gasteiger partial charge >= 0.3 is 13.8 Å². The number of nitrogens with zero attached hydrogens (tertiary/aromatic N) is 2. The van der Waals surface area contributed by atoms with E-state index in [2.05, 4.69) is 5.10 Å². The van der Waals surface area contributed by atoms with Crippen LogP contribution in [0.25, 0.3) is 5.69 Å². The zero-order chi connectivity index (χ0) is 18.7. The van der Waals surface area contributed by atoms with Gasteiger partial charge in [-0.3, -0.25) is 4.57 Å². The summed E-state index contributed by atoms with van der Waals surface area (Å²) < 4.78 is 68.6. The zero-order valence-corrected chi connectivity index (χ0v) is 14.8. The largest absolute Gasteiger partial charge is 0.497 e. The number of aromatic nitrogens is 2. The second-order valence-electron chi connectivity index (χ2n) is 4.83. The van der Waals surface area contributed by atoms with Crippen LogP contribution in [-0.2, 0) is 19.8 Å². The number of hydrogen-bond acceptors (Lipinski definition) is 5. The summed E-state index contributed by atoms with van der Waals surface area (Å²) in [6.45, 7) is 3.16. The molecule has 138 valence electrons. The zero-order valence-electron chi connectivity index (χ0n) is 13.9. The normalized spacial score (nSPS) is 12.4. The molecule has 25 heavy (non-hydrogen) atoms. The maximum absolute atomic E-state index is 13.1. The molecule has 0 saturated heterocycles. The number of halogens is 3. The van der Waals surface area contributed by atoms with Gasteiger partial charge in [0.05, 0.1) is 26.0 Å². The summed E-state index contributed by atoms with van der Waals surface area (Å²) in [5.74, 6) is 0.520. The van der Waals surface area contributed by atoms with Crippen LogP contribution in [0.4, 0.5) is 13.2 Å². The second-order valence-corrected chi connectivity index (χ2v) is 6.80. The summed E-state index contributed by atoms with van der Waals surface area (Å²) in [5, 5.41) is 3.56. The minimum atomic E-state index is -4.70. The first kappa shape index (κ1) is 19.5. The molecule has 6 nitrogen and oxygen atoms in total. The third kappa shape index (κ3) is 4.23. The van der Waals surface area contributed by atoms with Crippen molar-refractivity contribution in [1.82, 2.24) is 9.78 Å². The fourth-order valence-electron chi connectivity index (χ4n) is 2.13. The lowest BCUT2D eigenvalue weighted by Gasteiger charge is -2.18. The highest BCUT2D eigenvalue weighted by Crippen LogP contribution is 2.48. The molecule has 1 aromatic heterocycles. The Kier molecular flexibility index (Phi) is 5.92. The monoisotopic (exact) mass is 378 g/mol. The Labute approximate surface area is 143 Å². The molecule has 0 amide bonds. The standard InChI is InChI=1S/C15H18F3N2O4P/c1-4-23-25(21,24-5-2)14-10-13(15(16,17)18)19-20(14)11-6-8-12(22-3)9-7-11/h6-10H,4-5H2,1-3H3. The van der Waals surface area contributed by atoms with Crippen LogP contribution in [0, 0.1) is 0 Å². The predicted octanol–water partition coefficient (Wildman–Crippen LogP) is 3.79. The molecule has 0 aliphatic rings. The minimum Gasteiger partial charge on any atom is -0.497 e. The quantitative estimate of drug-likeness (QED) is 0.686. The van der Waals surface area contributed by atoms with Crippen LogP contribution in [0.15, 0.2) is 30.3 Å². The van der Waals surface area contributed by atoms with Crippen molar-refractivity contribution < 1.29 is 31.5 Å². The minimum absolute atomic E-state index is 0.00637. The summed E-state index contributed by atoms with van der Waals surface area (Å²) in [6.07, 6.45) is -4.70. The topological polar surface area (TPSA) is 62.6 Å². The molecule has 0 fully saturated rings. The molecule has 1 aromatic carbocycles. The van der Waals surface area contributed by atoms with E-state index in [0.29, 0.717) is 11.8 Å². The van der Waals surface area contributed by atoms with Gasteiger partial charge in [0, 0.05) is 6.07 Å². The van der Waals surface area contributed by atoms with Gasteiger partial charge in [-0.15, -0.1) is 0 Å². The van der Waals surface area contributed by atoms with Gasteiger partial charge in [0.1, 0.15) is 5.75 Å². The van der Waals surface area contributed by atoms with Crippen molar-refractivity contribution >= 4 is 13.0 Å². The number of ether oxygens (including phenoxy) is 1. The maximum Gasteiger partial charge on any atom is 0.435 e. The Balaban J connectivity index is 2.64. The lowest BCUT2D eigenvalue weighted by molar-refractivity contribution is -0.141. The van der Waals surface area contributed by atoms with Crippen LogP contribution in [0.3, 0.4) is 0 Å². The van der Waals surface area contributed by atoms with Crippen LogP contribution in [0.5, 0.6) is 5.75 Å². The van der Waals surface area contributed by atoms with E-state index in [4.69, 9.17) is 13.8 Å². The third-order valence-corrected chi connectivity index (χ3v) is 5.25. The number of rotatable bonds is 7. The Morgan fingerprint density at radius 1 is 1.12 bits per heavy atom. The molecular weight excluding hydrogens is 360 g/mol. The Morgan fingerprint density at radius 3 is 2.12 bits per heavy atom. The Bertz CT molecular complexity index is 749. The molecule has 0 bridgehead atoms. The molecule has 0 aliphatic carbocycles. The van der Waals surface area contributed by atoms with E-state index in [1.807, 2.05) is 0 Å². The van der Waals surface area contributed by atoms with Crippen molar-refractivity contribution in [2.75, 3.05) is 20.3 Å². The molecule has 0 unspecified atom stereocenters. The van der Waals surface area contributed by atoms with Gasteiger partial charge in [-0.25, -0.2) is 4.68 Å². The molecule has 0 saturated carbocycles. The molecule has 0 N–H and O–H groups in total. The van der Waals surface area contributed by atoms with Gasteiger partial charge in [-0.2, -0.15) is 18.3 Å². The van der Waals surface area contributed by atoms with Gasteiger partial charge in [-0.1, -0.05) is 0 Å². The number of hydrogen-bond donors (Lipinski definition) is 0. The van der Waals surface area contributed by atoms with E-state index in [0.717, 1.165) is 4.68 Å². The second kappa shape index (κ2) is 7.59. The van der Waals surface area contributed by atoms with Crippen molar-refractivity contribution in [2.24, 2.45) is 0 Å². The SMILES string of the molecule is CCOP(=O)(OCC)c1cc(C(F)(F)F)nn1-c1ccc(OC)cc1. The van der Waals surface area contributed by atoms with E-state index in [9.17, 15) is 17.7 Å². The summed E-state index contributed by atoms with van der Waals surface area (Å²) in [7, 11) is -2.51. The van der Waals surface area contributed by atoms with E-state index in [1.54, 1.807) is 26.0 Å². The molecular formula is C15H18F3N2O4P. The number of alkyl halides is 3. The number of methoxy groups -OCH3 is 1. The van der Waals surface area contributed by atoms with Gasteiger partial charge in [0.15, 0.2) is 11.1 Å². The molecule has 2 rings (SSSR count). The summed E-state index contributed by atoms with van der Waals surface area (Å²) >= 11 is 0. The van der Waals surface area contributed by atoms with Crippen molar-refractivity contribution in [3.8, 4) is 11.4 Å². The molecule has 0 radical (unpaired) electrons. The van der Waals surface area contributed by atoms with E-state index in [-0.39, 0.29) is 24.3 Å². The van der Waals surface area contributed by atoms with Gasteiger partial charge < -0.3 is 13.8 Å². The molecule has 1 heterocycles. The molecule has 0 atom stereocenters. The van der Waals surface area contributed by atoms with Crippen LogP contribution in [0.2, 0.25) is 0 Å². The third-order valence-electron chi connectivity index (χ3n) is 3.18. The summed E-state index contributed by atoms with van der Waals surface area (Å²) in [6, 6.07) is 6.80. The smallest absolute Gasteiger partial charge is 0.435 e. The highest BCUT2D eigenvalue weighted by Gasteiger charge is 2.40. The van der Waals surface area contributed by atoms with Crippen LogP contribution >= 0.6 is 7.60 Å². The average Bonchev–Trinajstić information content (AvgIpc) is 3.02. The van der Waals surface area contributed by atoms with E-state index in [1.165, 1.54) is 19.2 Å². The van der Waals surface area contributed by atoms with Gasteiger partial charge in [0.25, 0.3) is 0 Å². The maximum atomic E-state index is 13.1. The van der Waals surface area contributed by atoms with Crippen LogP contribution < -0.4 is 10.2 Å². The predicted molar refractivity (Wildman–Crippen MR) is 85.6 cm³/mol. The van der Waals surface area contributed by atoms with E-state index >= 15 is 0 Å². The lowest BCUT2D eigenvalue weighted by atomic mass is 10.3. The molecule has 10 heteroatoms. The van der Waals surface area contributed by atoms with Crippen molar-refractivity contribution in [1.29, 1.82) is 0 Å². The van der Waals surface area contributed by atoms with Gasteiger partial charge in [-0.05, 0) is 38.1 Å². The van der Waals surface area contributed by atoms with E-state index < -0.39 is 19.5 Å². The molecule has 0 spiro atoms. The first-order valence-corrected chi connectivity index (χ1v) is 9.00.